The SMILES string of the molecule is CCCC(=O)c1nc(Cc2ccc(-c3ccncc3C(=O)O)cc2)n(CCC)n1. The first-order chi connectivity index (χ1) is 14.0. The molecule has 0 saturated carbocycles. The third kappa shape index (κ3) is 4.74. The number of carboxylic acids is 1. The lowest BCUT2D eigenvalue weighted by atomic mass is 10.00. The fourth-order valence-electron chi connectivity index (χ4n) is 3.15. The fraction of sp³-hybridized carbons (Fsp3) is 0.318. The molecule has 29 heavy (non-hydrogen) atoms. The molecule has 0 spiro atoms. The molecule has 150 valence electrons. The van der Waals surface area contributed by atoms with Gasteiger partial charge in [0, 0.05) is 31.8 Å². The van der Waals surface area contributed by atoms with Crippen LogP contribution < -0.4 is 0 Å². The first-order valence-electron chi connectivity index (χ1n) is 9.77. The smallest absolute Gasteiger partial charge is 0.337 e. The molecule has 0 atom stereocenters. The summed E-state index contributed by atoms with van der Waals surface area (Å²) in [5.41, 5.74) is 2.61. The van der Waals surface area contributed by atoms with Gasteiger partial charge in [0.1, 0.15) is 5.82 Å². The summed E-state index contributed by atoms with van der Waals surface area (Å²) in [6.07, 6.45) is 5.60. The molecule has 0 bridgehead atoms. The van der Waals surface area contributed by atoms with E-state index in [0.717, 1.165) is 29.8 Å². The highest BCUT2D eigenvalue weighted by molar-refractivity contribution is 5.95. The summed E-state index contributed by atoms with van der Waals surface area (Å²) in [5.74, 6) is 0.0101. The Kier molecular flexibility index (Phi) is 6.49. The number of carboxylic acid groups (broad SMARTS) is 1. The largest absolute Gasteiger partial charge is 0.478 e. The summed E-state index contributed by atoms with van der Waals surface area (Å²) in [6.45, 7) is 4.73. The molecule has 0 fully saturated rings. The third-order valence-corrected chi connectivity index (χ3v) is 4.59. The van der Waals surface area contributed by atoms with Crippen LogP contribution in [0.15, 0.2) is 42.7 Å². The number of pyridine rings is 1. The molecular formula is C22H24N4O3. The number of aromatic carboxylic acids is 1. The quantitative estimate of drug-likeness (QED) is 0.552. The second-order valence-electron chi connectivity index (χ2n) is 6.85. The number of rotatable bonds is 9. The standard InChI is InChI=1S/C22H24N4O3/c1-3-5-19(27)21-24-20(26(25-21)12-4-2)13-15-6-8-16(9-7-15)17-10-11-23-14-18(17)22(28)29/h6-11,14H,3-5,12-13H2,1-2H3,(H,28,29). The van der Waals surface area contributed by atoms with E-state index in [1.165, 1.54) is 6.20 Å². The zero-order valence-electron chi connectivity index (χ0n) is 16.6. The van der Waals surface area contributed by atoms with Crippen molar-refractivity contribution in [1.29, 1.82) is 0 Å². The van der Waals surface area contributed by atoms with Gasteiger partial charge in [-0.1, -0.05) is 38.1 Å². The number of ketones is 1. The molecule has 0 saturated heterocycles. The van der Waals surface area contributed by atoms with Crippen LogP contribution in [0.25, 0.3) is 11.1 Å². The van der Waals surface area contributed by atoms with Crippen LogP contribution in [0.4, 0.5) is 0 Å². The maximum absolute atomic E-state index is 12.2. The van der Waals surface area contributed by atoms with Gasteiger partial charge in [-0.15, -0.1) is 5.10 Å². The van der Waals surface area contributed by atoms with Crippen LogP contribution in [0.5, 0.6) is 0 Å². The van der Waals surface area contributed by atoms with Crippen molar-refractivity contribution in [3.05, 3.63) is 65.5 Å². The minimum Gasteiger partial charge on any atom is -0.478 e. The van der Waals surface area contributed by atoms with Gasteiger partial charge in [0.2, 0.25) is 11.6 Å². The Labute approximate surface area is 169 Å². The number of aryl methyl sites for hydroxylation is 1. The molecule has 1 aromatic carbocycles. The van der Waals surface area contributed by atoms with Crippen molar-refractivity contribution in [2.45, 2.75) is 46.1 Å². The second-order valence-corrected chi connectivity index (χ2v) is 6.85. The Hall–Kier alpha value is -3.35. The zero-order chi connectivity index (χ0) is 20.8. The number of Topliss-reactive ketones (excluding diaryl/α,β-unsaturated/α-hetero) is 1. The van der Waals surface area contributed by atoms with Gasteiger partial charge in [-0.3, -0.25) is 9.78 Å². The summed E-state index contributed by atoms with van der Waals surface area (Å²) in [4.78, 5) is 32.0. The molecule has 7 nitrogen and oxygen atoms in total. The van der Waals surface area contributed by atoms with E-state index in [1.54, 1.807) is 12.3 Å². The lowest BCUT2D eigenvalue weighted by Gasteiger charge is -2.08. The zero-order valence-corrected chi connectivity index (χ0v) is 16.6. The number of benzene rings is 1. The van der Waals surface area contributed by atoms with Crippen molar-refractivity contribution in [1.82, 2.24) is 19.7 Å². The molecule has 0 amide bonds. The van der Waals surface area contributed by atoms with Crippen molar-refractivity contribution >= 4 is 11.8 Å². The van der Waals surface area contributed by atoms with E-state index in [9.17, 15) is 14.7 Å². The first-order valence-corrected chi connectivity index (χ1v) is 9.77. The van der Waals surface area contributed by atoms with E-state index < -0.39 is 5.97 Å². The Morgan fingerprint density at radius 1 is 1.07 bits per heavy atom. The summed E-state index contributed by atoms with van der Waals surface area (Å²) in [6, 6.07) is 9.36. The number of hydrogen-bond donors (Lipinski definition) is 1. The van der Waals surface area contributed by atoms with Crippen LogP contribution in [-0.2, 0) is 13.0 Å². The number of carbonyl (C=O) groups excluding carboxylic acids is 1. The number of nitrogens with zero attached hydrogens (tertiary/aromatic N) is 4. The molecular weight excluding hydrogens is 368 g/mol. The average molecular weight is 392 g/mol. The second kappa shape index (κ2) is 9.23. The lowest BCUT2D eigenvalue weighted by Crippen LogP contribution is -2.06. The molecule has 3 rings (SSSR count). The minimum absolute atomic E-state index is 0.0298. The van der Waals surface area contributed by atoms with E-state index in [0.29, 0.717) is 24.9 Å². The van der Waals surface area contributed by atoms with Crippen molar-refractivity contribution < 1.29 is 14.7 Å². The maximum atomic E-state index is 12.2. The molecule has 0 aliphatic rings. The van der Waals surface area contributed by atoms with E-state index in [4.69, 9.17) is 0 Å². The van der Waals surface area contributed by atoms with Gasteiger partial charge in [0.15, 0.2) is 0 Å². The van der Waals surface area contributed by atoms with E-state index in [2.05, 4.69) is 22.0 Å². The monoisotopic (exact) mass is 392 g/mol. The van der Waals surface area contributed by atoms with E-state index in [1.807, 2.05) is 35.9 Å². The minimum atomic E-state index is -1.01. The number of hydrogen-bond acceptors (Lipinski definition) is 5. The molecule has 0 radical (unpaired) electrons. The highest BCUT2D eigenvalue weighted by atomic mass is 16.4. The van der Waals surface area contributed by atoms with Crippen LogP contribution in [0.1, 0.15) is 65.5 Å². The van der Waals surface area contributed by atoms with Gasteiger partial charge in [0.25, 0.3) is 0 Å². The van der Waals surface area contributed by atoms with Crippen molar-refractivity contribution in [2.24, 2.45) is 0 Å². The van der Waals surface area contributed by atoms with Gasteiger partial charge in [-0.2, -0.15) is 0 Å². The molecule has 0 unspecified atom stereocenters. The van der Waals surface area contributed by atoms with Crippen LogP contribution in [-0.4, -0.2) is 36.6 Å². The Morgan fingerprint density at radius 2 is 1.83 bits per heavy atom. The Balaban J connectivity index is 1.85. The average Bonchev–Trinajstić information content (AvgIpc) is 3.12. The van der Waals surface area contributed by atoms with E-state index in [-0.39, 0.29) is 17.2 Å². The summed E-state index contributed by atoms with van der Waals surface area (Å²) in [7, 11) is 0. The van der Waals surface area contributed by atoms with Crippen molar-refractivity contribution in [2.75, 3.05) is 0 Å². The van der Waals surface area contributed by atoms with Crippen molar-refractivity contribution in [3.63, 3.8) is 0 Å². The molecule has 7 heteroatoms. The molecule has 2 heterocycles. The highest BCUT2D eigenvalue weighted by Crippen LogP contribution is 2.24. The molecule has 2 aromatic heterocycles. The molecule has 1 N–H and O–H groups in total. The topological polar surface area (TPSA) is 98.0 Å². The molecule has 3 aromatic rings. The summed E-state index contributed by atoms with van der Waals surface area (Å²) in [5, 5.41) is 13.8. The Bertz CT molecular complexity index is 1010. The third-order valence-electron chi connectivity index (χ3n) is 4.59. The van der Waals surface area contributed by atoms with Crippen LogP contribution >= 0.6 is 0 Å². The fourth-order valence-corrected chi connectivity index (χ4v) is 3.15. The highest BCUT2D eigenvalue weighted by Gasteiger charge is 2.16. The maximum Gasteiger partial charge on any atom is 0.337 e. The van der Waals surface area contributed by atoms with Crippen LogP contribution in [0.3, 0.4) is 0 Å². The summed E-state index contributed by atoms with van der Waals surface area (Å²) >= 11 is 0. The number of aromatic nitrogens is 4. The van der Waals surface area contributed by atoms with E-state index >= 15 is 0 Å². The Morgan fingerprint density at radius 3 is 2.48 bits per heavy atom. The van der Waals surface area contributed by atoms with Gasteiger partial charge in [-0.05, 0) is 35.6 Å². The summed E-state index contributed by atoms with van der Waals surface area (Å²) < 4.78 is 1.81. The van der Waals surface area contributed by atoms with Gasteiger partial charge >= 0.3 is 5.97 Å². The first kappa shape index (κ1) is 20.4. The predicted molar refractivity (Wildman–Crippen MR) is 109 cm³/mol. The van der Waals surface area contributed by atoms with Crippen LogP contribution in [0.2, 0.25) is 0 Å². The predicted octanol–water partition coefficient (Wildman–Crippen LogP) is 4.02. The van der Waals surface area contributed by atoms with Gasteiger partial charge in [0.05, 0.1) is 5.56 Å². The van der Waals surface area contributed by atoms with Crippen molar-refractivity contribution in [3.8, 4) is 11.1 Å². The number of carbonyl (C=O) groups is 2. The molecule has 0 aliphatic carbocycles. The molecule has 0 aliphatic heterocycles. The normalized spacial score (nSPS) is 10.8. The lowest BCUT2D eigenvalue weighted by molar-refractivity contribution is 0.0697. The van der Waals surface area contributed by atoms with Gasteiger partial charge in [-0.25, -0.2) is 14.5 Å². The van der Waals surface area contributed by atoms with Gasteiger partial charge < -0.3 is 5.11 Å². The van der Waals surface area contributed by atoms with Crippen LogP contribution in [0, 0.1) is 0 Å².